The summed E-state index contributed by atoms with van der Waals surface area (Å²) in [5.74, 6) is -0.393. The van der Waals surface area contributed by atoms with E-state index in [-0.39, 0.29) is 18.0 Å². The number of benzene rings is 1. The lowest BCUT2D eigenvalue weighted by atomic mass is 9.80. The fourth-order valence-electron chi connectivity index (χ4n) is 7.07. The number of piperidine rings is 2. The molecule has 3 aliphatic rings. The van der Waals surface area contributed by atoms with Crippen molar-refractivity contribution in [2.75, 3.05) is 6.61 Å². The van der Waals surface area contributed by atoms with E-state index in [1.807, 2.05) is 28.8 Å². The number of allylic oxidation sites excluding steroid dienone is 1. The molecular formula is C30H41N3O3. The van der Waals surface area contributed by atoms with Crippen LogP contribution < -0.4 is 5.56 Å². The Kier molecular flexibility index (Phi) is 7.90. The molecule has 194 valence electrons. The minimum atomic E-state index is -0.393. The fraction of sp³-hybridized carbons (Fsp3) is 0.633. The zero-order valence-electron chi connectivity index (χ0n) is 22.0. The van der Waals surface area contributed by atoms with Gasteiger partial charge in [0.25, 0.3) is 5.56 Å². The summed E-state index contributed by atoms with van der Waals surface area (Å²) in [5, 5.41) is 0. The van der Waals surface area contributed by atoms with Crippen molar-refractivity contribution in [3.8, 4) is 0 Å². The van der Waals surface area contributed by atoms with Crippen molar-refractivity contribution in [1.29, 1.82) is 0 Å². The Bertz CT molecular complexity index is 1150. The van der Waals surface area contributed by atoms with E-state index in [4.69, 9.17) is 4.74 Å². The van der Waals surface area contributed by atoms with Gasteiger partial charge in [0.05, 0.1) is 24.1 Å². The van der Waals surface area contributed by atoms with Gasteiger partial charge in [-0.1, -0.05) is 43.0 Å². The average Bonchev–Trinajstić information content (AvgIpc) is 3.12. The van der Waals surface area contributed by atoms with E-state index in [1.54, 1.807) is 12.5 Å². The molecule has 36 heavy (non-hydrogen) atoms. The van der Waals surface area contributed by atoms with Crippen LogP contribution in [0.25, 0.3) is 11.0 Å². The van der Waals surface area contributed by atoms with Gasteiger partial charge in [0.15, 0.2) is 0 Å². The molecule has 3 atom stereocenters. The second-order valence-electron chi connectivity index (χ2n) is 11.0. The van der Waals surface area contributed by atoms with E-state index in [0.29, 0.717) is 30.4 Å². The van der Waals surface area contributed by atoms with E-state index in [9.17, 15) is 9.59 Å². The lowest BCUT2D eigenvalue weighted by molar-refractivity contribution is -0.142. The average molecular weight is 492 g/mol. The Morgan fingerprint density at radius 3 is 2.44 bits per heavy atom. The van der Waals surface area contributed by atoms with Gasteiger partial charge in [-0.05, 0) is 77.3 Å². The highest BCUT2D eigenvalue weighted by atomic mass is 16.5. The van der Waals surface area contributed by atoms with Crippen molar-refractivity contribution < 1.29 is 9.53 Å². The number of carbonyl (C=O) groups is 1. The number of hydrogen-bond donors (Lipinski definition) is 0. The zero-order chi connectivity index (χ0) is 25.1. The van der Waals surface area contributed by atoms with Gasteiger partial charge in [-0.25, -0.2) is 4.98 Å². The molecular weight excluding hydrogens is 450 g/mol. The summed E-state index contributed by atoms with van der Waals surface area (Å²) >= 11 is 0. The molecule has 3 unspecified atom stereocenters. The van der Waals surface area contributed by atoms with Gasteiger partial charge in [0.2, 0.25) is 0 Å². The van der Waals surface area contributed by atoms with Gasteiger partial charge in [0.1, 0.15) is 5.69 Å². The maximum absolute atomic E-state index is 13.7. The summed E-state index contributed by atoms with van der Waals surface area (Å²) in [4.78, 5) is 33.3. The largest absolute Gasteiger partial charge is 0.466 e. The van der Waals surface area contributed by atoms with Gasteiger partial charge < -0.3 is 9.30 Å². The van der Waals surface area contributed by atoms with Crippen LogP contribution in [0.5, 0.6) is 0 Å². The minimum Gasteiger partial charge on any atom is -0.466 e. The minimum absolute atomic E-state index is 0.0756. The van der Waals surface area contributed by atoms with Crippen LogP contribution >= 0.6 is 0 Å². The number of nitrogens with zero attached hydrogens (tertiary/aromatic N) is 3. The Labute approximate surface area is 214 Å². The number of aromatic nitrogens is 2. The van der Waals surface area contributed by atoms with Crippen molar-refractivity contribution in [2.24, 2.45) is 0 Å². The third kappa shape index (κ3) is 5.29. The number of hydrogen-bond acceptors (Lipinski definition) is 5. The molecule has 6 nitrogen and oxygen atoms in total. The second-order valence-corrected chi connectivity index (χ2v) is 11.0. The lowest BCUT2D eigenvalue weighted by Gasteiger charge is -2.51. The van der Waals surface area contributed by atoms with Crippen molar-refractivity contribution >= 4 is 17.0 Å². The molecule has 0 N–H and O–H groups in total. The van der Waals surface area contributed by atoms with E-state index < -0.39 is 5.97 Å². The molecule has 2 bridgehead atoms. The third-order valence-corrected chi connectivity index (χ3v) is 8.54. The monoisotopic (exact) mass is 491 g/mol. The number of esters is 1. The Balaban J connectivity index is 1.44. The first-order valence-corrected chi connectivity index (χ1v) is 14.2. The smallest absolute Gasteiger partial charge is 0.312 e. The van der Waals surface area contributed by atoms with Gasteiger partial charge in [-0.15, -0.1) is 0 Å². The molecule has 6 heteroatoms. The second kappa shape index (κ2) is 11.3. The highest BCUT2D eigenvalue weighted by Crippen LogP contribution is 2.41. The van der Waals surface area contributed by atoms with Crippen LogP contribution in [0.15, 0.2) is 40.7 Å². The number of carbonyl (C=O) groups excluding carboxylic acids is 1. The Hall–Kier alpha value is -2.47. The Morgan fingerprint density at radius 1 is 1.06 bits per heavy atom. The molecule has 0 amide bonds. The highest BCUT2D eigenvalue weighted by Gasteiger charge is 2.41. The molecule has 3 fully saturated rings. The van der Waals surface area contributed by atoms with Crippen LogP contribution in [0.1, 0.15) is 96.2 Å². The maximum atomic E-state index is 13.7. The van der Waals surface area contributed by atoms with Gasteiger partial charge >= 0.3 is 5.97 Å². The fourth-order valence-corrected chi connectivity index (χ4v) is 7.07. The summed E-state index contributed by atoms with van der Waals surface area (Å²) in [6, 6.07) is 9.38. The standard InChI is InChI=1S/C30H41N3O3/c1-3-36-29(34)20-27-30(35)33(28-16-9-8-15-26(28)31-27)25-18-23-13-10-14-24(19-25)32(23)21(2)17-22-11-6-4-5-7-12-22/h8-9,15-17,21,23-25H,3-7,10-14,18-20H2,1-2H3. The predicted molar refractivity (Wildman–Crippen MR) is 143 cm³/mol. The summed E-state index contributed by atoms with van der Waals surface area (Å²) in [6.07, 6.45) is 16.0. The van der Waals surface area contributed by atoms with Gasteiger partial charge in [-0.3, -0.25) is 14.5 Å². The lowest BCUT2D eigenvalue weighted by Crippen LogP contribution is -2.56. The van der Waals surface area contributed by atoms with Crippen LogP contribution in [-0.4, -0.2) is 45.2 Å². The number of fused-ring (bicyclic) bond motifs is 3. The molecule has 3 heterocycles. The van der Waals surface area contributed by atoms with Crippen LogP contribution in [-0.2, 0) is 16.0 Å². The predicted octanol–water partition coefficient (Wildman–Crippen LogP) is 5.73. The van der Waals surface area contributed by atoms with Crippen molar-refractivity contribution in [3.63, 3.8) is 0 Å². The molecule has 1 saturated carbocycles. The normalized spacial score (nSPS) is 25.8. The third-order valence-electron chi connectivity index (χ3n) is 8.54. The highest BCUT2D eigenvalue weighted by molar-refractivity contribution is 5.77. The molecule has 1 aromatic heterocycles. The van der Waals surface area contributed by atoms with E-state index in [0.717, 1.165) is 23.9 Å². The molecule has 5 rings (SSSR count). The zero-order valence-corrected chi connectivity index (χ0v) is 22.0. The van der Waals surface area contributed by atoms with Gasteiger partial charge in [-0.2, -0.15) is 0 Å². The first kappa shape index (κ1) is 25.2. The maximum Gasteiger partial charge on any atom is 0.312 e. The van der Waals surface area contributed by atoms with Crippen molar-refractivity contribution in [2.45, 2.75) is 115 Å². The number of ether oxygens (including phenoxy) is 1. The van der Waals surface area contributed by atoms with E-state index in [2.05, 4.69) is 22.9 Å². The van der Waals surface area contributed by atoms with Crippen LogP contribution in [0.2, 0.25) is 0 Å². The summed E-state index contributed by atoms with van der Waals surface area (Å²) in [7, 11) is 0. The van der Waals surface area contributed by atoms with Crippen LogP contribution in [0.3, 0.4) is 0 Å². The van der Waals surface area contributed by atoms with Crippen LogP contribution in [0, 0.1) is 0 Å². The van der Waals surface area contributed by atoms with Crippen molar-refractivity contribution in [1.82, 2.24) is 14.5 Å². The molecule has 0 spiro atoms. The quantitative estimate of drug-likeness (QED) is 0.293. The first-order chi connectivity index (χ1) is 17.5. The van der Waals surface area contributed by atoms with Gasteiger partial charge in [0, 0.05) is 24.2 Å². The number of para-hydroxylation sites is 2. The molecule has 1 aliphatic carbocycles. The van der Waals surface area contributed by atoms with E-state index in [1.165, 1.54) is 57.8 Å². The van der Waals surface area contributed by atoms with E-state index >= 15 is 0 Å². The molecule has 2 saturated heterocycles. The summed E-state index contributed by atoms with van der Waals surface area (Å²) < 4.78 is 7.10. The molecule has 2 aliphatic heterocycles. The SMILES string of the molecule is CCOC(=O)Cc1nc2ccccc2n(C2CC3CCCC(C2)N3C(C)C=C2CCCCCC2)c1=O. The summed E-state index contributed by atoms with van der Waals surface area (Å²) in [6.45, 7) is 4.47. The molecule has 0 radical (unpaired) electrons. The first-order valence-electron chi connectivity index (χ1n) is 14.2. The van der Waals surface area contributed by atoms with Crippen LogP contribution in [0.4, 0.5) is 0 Å². The molecule has 2 aromatic rings. The molecule has 1 aromatic carbocycles. The van der Waals surface area contributed by atoms with Crippen molar-refractivity contribution in [3.05, 3.63) is 52.0 Å². The number of rotatable bonds is 6. The summed E-state index contributed by atoms with van der Waals surface area (Å²) in [5.41, 5.74) is 3.47. The Morgan fingerprint density at radius 2 is 1.75 bits per heavy atom. The topological polar surface area (TPSA) is 64.4 Å².